The van der Waals surface area contributed by atoms with Crippen molar-refractivity contribution in [3.8, 4) is 5.75 Å². The van der Waals surface area contributed by atoms with E-state index in [4.69, 9.17) is 4.74 Å². The van der Waals surface area contributed by atoms with Crippen molar-refractivity contribution >= 4 is 21.6 Å². The average Bonchev–Trinajstić information content (AvgIpc) is 2.64. The number of methoxy groups -OCH3 is 1. The number of amides is 1. The normalized spacial score (nSPS) is 12.3. The van der Waals surface area contributed by atoms with E-state index in [1.54, 1.807) is 19.2 Å². The van der Waals surface area contributed by atoms with Crippen LogP contribution in [-0.2, 0) is 21.2 Å². The molecule has 0 radical (unpaired) electrons. The van der Waals surface area contributed by atoms with Gasteiger partial charge in [-0.15, -0.1) is 0 Å². The zero-order valence-corrected chi connectivity index (χ0v) is 16.6. The lowest BCUT2D eigenvalue weighted by atomic mass is 10.1. The van der Waals surface area contributed by atoms with Crippen molar-refractivity contribution in [2.45, 2.75) is 19.4 Å². The highest BCUT2D eigenvalue weighted by Gasteiger charge is 2.29. The highest BCUT2D eigenvalue weighted by Crippen LogP contribution is 2.23. The summed E-state index contributed by atoms with van der Waals surface area (Å²) in [6, 6.07) is 8.85. The number of halogens is 2. The van der Waals surface area contributed by atoms with E-state index in [0.717, 1.165) is 40.1 Å². The molecule has 1 amide bonds. The number of sulfonamides is 1. The van der Waals surface area contributed by atoms with E-state index in [2.05, 4.69) is 5.32 Å². The molecule has 1 N–H and O–H groups in total. The number of nitrogens with one attached hydrogen (secondary N) is 1. The van der Waals surface area contributed by atoms with Crippen LogP contribution in [0.25, 0.3) is 0 Å². The molecule has 28 heavy (non-hydrogen) atoms. The molecule has 0 unspecified atom stereocenters. The van der Waals surface area contributed by atoms with Gasteiger partial charge in [0.2, 0.25) is 15.9 Å². The van der Waals surface area contributed by atoms with Crippen LogP contribution in [0.15, 0.2) is 42.5 Å². The van der Waals surface area contributed by atoms with Gasteiger partial charge in [0, 0.05) is 12.6 Å². The molecule has 2 aromatic rings. The van der Waals surface area contributed by atoms with E-state index in [1.165, 1.54) is 6.92 Å². The summed E-state index contributed by atoms with van der Waals surface area (Å²) in [7, 11) is -2.34. The molecule has 6 nitrogen and oxygen atoms in total. The Hall–Kier alpha value is -2.68. The smallest absolute Gasteiger partial charge is 0.243 e. The second-order valence-corrected chi connectivity index (χ2v) is 8.08. The van der Waals surface area contributed by atoms with Crippen LogP contribution in [0.4, 0.5) is 14.5 Å². The van der Waals surface area contributed by atoms with Crippen molar-refractivity contribution in [1.82, 2.24) is 5.32 Å². The fourth-order valence-electron chi connectivity index (χ4n) is 2.70. The van der Waals surface area contributed by atoms with Crippen molar-refractivity contribution < 1.29 is 26.7 Å². The first-order valence-electron chi connectivity index (χ1n) is 8.48. The molecule has 152 valence electrons. The standard InChI is InChI=1S/C19H22F2N2O4S/c1-13(19(24)22-11-10-14-4-7-16(27-2)8-5-14)23(28(3,25)26)15-6-9-17(20)18(21)12-15/h4-9,12-13H,10-11H2,1-3H3,(H,22,24)/t13-/m1/s1. The number of carbonyl (C=O) groups is 1. The van der Waals surface area contributed by atoms with Gasteiger partial charge in [-0.25, -0.2) is 17.2 Å². The molecule has 0 aliphatic heterocycles. The van der Waals surface area contributed by atoms with Crippen LogP contribution in [0.5, 0.6) is 5.75 Å². The number of hydrogen-bond donors (Lipinski definition) is 1. The Balaban J connectivity index is 2.07. The van der Waals surface area contributed by atoms with Crippen molar-refractivity contribution in [2.24, 2.45) is 0 Å². The minimum absolute atomic E-state index is 0.126. The SMILES string of the molecule is COc1ccc(CCNC(=O)[C@@H](C)N(c2ccc(F)c(F)c2)S(C)(=O)=O)cc1. The second kappa shape index (κ2) is 9.01. The van der Waals surface area contributed by atoms with Crippen LogP contribution in [0.3, 0.4) is 0 Å². The molecule has 0 aliphatic carbocycles. The number of carbonyl (C=O) groups excluding carboxylic acids is 1. The Morgan fingerprint density at radius 2 is 1.79 bits per heavy atom. The van der Waals surface area contributed by atoms with Crippen LogP contribution in [0.1, 0.15) is 12.5 Å². The first-order valence-corrected chi connectivity index (χ1v) is 10.3. The third-order valence-corrected chi connectivity index (χ3v) is 5.36. The molecule has 0 aromatic heterocycles. The summed E-state index contributed by atoms with van der Waals surface area (Å²) in [6.45, 7) is 1.66. The monoisotopic (exact) mass is 412 g/mol. The van der Waals surface area contributed by atoms with Gasteiger partial charge in [-0.1, -0.05) is 12.1 Å². The zero-order chi connectivity index (χ0) is 20.9. The number of hydrogen-bond acceptors (Lipinski definition) is 4. The topological polar surface area (TPSA) is 75.7 Å². The summed E-state index contributed by atoms with van der Waals surface area (Å²) in [6.07, 6.45) is 1.43. The molecule has 1 atom stereocenters. The number of ether oxygens (including phenoxy) is 1. The lowest BCUT2D eigenvalue weighted by Crippen LogP contribution is -2.48. The summed E-state index contributed by atoms with van der Waals surface area (Å²) < 4.78 is 56.8. The Bertz CT molecular complexity index is 933. The summed E-state index contributed by atoms with van der Waals surface area (Å²) in [5, 5.41) is 2.66. The van der Waals surface area contributed by atoms with Gasteiger partial charge in [0.1, 0.15) is 11.8 Å². The molecule has 0 spiro atoms. The molecule has 0 heterocycles. The Labute approximate surface area is 163 Å². The maximum atomic E-state index is 13.5. The first kappa shape index (κ1) is 21.6. The molecular weight excluding hydrogens is 390 g/mol. The quantitative estimate of drug-likeness (QED) is 0.723. The minimum Gasteiger partial charge on any atom is -0.497 e. The Kier molecular flexibility index (Phi) is 6.95. The molecular formula is C19H22F2N2O4S. The lowest BCUT2D eigenvalue weighted by molar-refractivity contribution is -0.121. The molecule has 9 heteroatoms. The number of nitrogens with zero attached hydrogens (tertiary/aromatic N) is 1. The predicted molar refractivity (Wildman–Crippen MR) is 103 cm³/mol. The number of anilines is 1. The summed E-state index contributed by atoms with van der Waals surface area (Å²) >= 11 is 0. The van der Waals surface area contributed by atoms with Gasteiger partial charge in [-0.2, -0.15) is 0 Å². The van der Waals surface area contributed by atoms with E-state index in [9.17, 15) is 22.0 Å². The van der Waals surface area contributed by atoms with Gasteiger partial charge < -0.3 is 10.1 Å². The van der Waals surface area contributed by atoms with E-state index in [1.807, 2.05) is 12.1 Å². The third-order valence-electron chi connectivity index (χ3n) is 4.12. The van der Waals surface area contributed by atoms with E-state index < -0.39 is 33.6 Å². The molecule has 0 fully saturated rings. The highest BCUT2D eigenvalue weighted by molar-refractivity contribution is 7.92. The Morgan fingerprint density at radius 3 is 2.32 bits per heavy atom. The van der Waals surface area contributed by atoms with E-state index in [0.29, 0.717) is 6.42 Å². The van der Waals surface area contributed by atoms with E-state index in [-0.39, 0.29) is 12.2 Å². The van der Waals surface area contributed by atoms with Gasteiger partial charge in [0.05, 0.1) is 19.1 Å². The number of rotatable bonds is 8. The Morgan fingerprint density at radius 1 is 1.14 bits per heavy atom. The average molecular weight is 412 g/mol. The molecule has 0 aliphatic rings. The fraction of sp³-hybridized carbons (Fsp3) is 0.316. The summed E-state index contributed by atoms with van der Waals surface area (Å²) in [5.41, 5.74) is 0.841. The van der Waals surface area contributed by atoms with Crippen LogP contribution in [0, 0.1) is 11.6 Å². The molecule has 2 rings (SSSR count). The first-order chi connectivity index (χ1) is 13.1. The second-order valence-electron chi connectivity index (χ2n) is 6.22. The summed E-state index contributed by atoms with van der Waals surface area (Å²) in [5.74, 6) is -2.13. The maximum Gasteiger partial charge on any atom is 0.243 e. The largest absolute Gasteiger partial charge is 0.497 e. The van der Waals surface area contributed by atoms with Crippen LogP contribution >= 0.6 is 0 Å². The number of benzene rings is 2. The van der Waals surface area contributed by atoms with Crippen molar-refractivity contribution in [3.63, 3.8) is 0 Å². The maximum absolute atomic E-state index is 13.5. The molecule has 0 saturated carbocycles. The third kappa shape index (κ3) is 5.41. The van der Waals surface area contributed by atoms with Crippen molar-refractivity contribution in [3.05, 3.63) is 59.7 Å². The molecule has 0 saturated heterocycles. The zero-order valence-electron chi connectivity index (χ0n) is 15.8. The highest BCUT2D eigenvalue weighted by atomic mass is 32.2. The molecule has 0 bridgehead atoms. The van der Waals surface area contributed by atoms with Crippen LogP contribution in [-0.4, -0.2) is 40.3 Å². The van der Waals surface area contributed by atoms with Crippen molar-refractivity contribution in [2.75, 3.05) is 24.2 Å². The van der Waals surface area contributed by atoms with Gasteiger partial charge in [-0.05, 0) is 43.2 Å². The van der Waals surface area contributed by atoms with Gasteiger partial charge >= 0.3 is 0 Å². The minimum atomic E-state index is -3.91. The molecule has 2 aromatic carbocycles. The summed E-state index contributed by atoms with van der Waals surface area (Å²) in [4.78, 5) is 12.4. The van der Waals surface area contributed by atoms with Gasteiger partial charge in [-0.3, -0.25) is 9.10 Å². The van der Waals surface area contributed by atoms with Gasteiger partial charge in [0.15, 0.2) is 11.6 Å². The van der Waals surface area contributed by atoms with Crippen LogP contribution in [0.2, 0.25) is 0 Å². The van der Waals surface area contributed by atoms with Crippen LogP contribution < -0.4 is 14.4 Å². The van der Waals surface area contributed by atoms with E-state index >= 15 is 0 Å². The lowest BCUT2D eigenvalue weighted by Gasteiger charge is -2.28. The fourth-order valence-corrected chi connectivity index (χ4v) is 3.87. The van der Waals surface area contributed by atoms with Gasteiger partial charge in [0.25, 0.3) is 0 Å². The predicted octanol–water partition coefficient (Wildman–Crippen LogP) is 2.49. The van der Waals surface area contributed by atoms with Crippen molar-refractivity contribution in [1.29, 1.82) is 0 Å².